The zero-order valence-corrected chi connectivity index (χ0v) is 11.4. The molecule has 0 aliphatic heterocycles. The van der Waals surface area contributed by atoms with Crippen LogP contribution in [0.1, 0.15) is 15.9 Å². The third-order valence-electron chi connectivity index (χ3n) is 3.49. The molecule has 21 heavy (non-hydrogen) atoms. The van der Waals surface area contributed by atoms with Gasteiger partial charge in [0.05, 0.1) is 11.1 Å². The van der Waals surface area contributed by atoms with Crippen LogP contribution in [0.25, 0.3) is 10.9 Å². The molecule has 4 nitrogen and oxygen atoms in total. The molecular formula is C17H13NO3. The molecule has 0 aliphatic rings. The molecule has 0 fully saturated rings. The molecule has 0 spiro atoms. The van der Waals surface area contributed by atoms with E-state index >= 15 is 0 Å². The minimum Gasteiger partial charge on any atom is -0.508 e. The first-order valence-electron chi connectivity index (χ1n) is 6.50. The van der Waals surface area contributed by atoms with Gasteiger partial charge in [0.15, 0.2) is 5.78 Å². The maximum absolute atomic E-state index is 12.5. The summed E-state index contributed by atoms with van der Waals surface area (Å²) in [5.74, 6) is -0.217. The SMILES string of the molecule is Cn1c(=O)c(C(=O)c2ccccc2)cc2ccc(O)cc21. The van der Waals surface area contributed by atoms with Gasteiger partial charge in [0, 0.05) is 18.7 Å². The third kappa shape index (κ3) is 2.21. The van der Waals surface area contributed by atoms with Crippen LogP contribution in [0.4, 0.5) is 0 Å². The number of aromatic hydroxyl groups is 1. The van der Waals surface area contributed by atoms with Gasteiger partial charge >= 0.3 is 0 Å². The monoisotopic (exact) mass is 279 g/mol. The fourth-order valence-corrected chi connectivity index (χ4v) is 2.36. The zero-order valence-electron chi connectivity index (χ0n) is 11.4. The van der Waals surface area contributed by atoms with Crippen molar-refractivity contribution in [2.24, 2.45) is 7.05 Å². The molecule has 4 heteroatoms. The Kier molecular flexibility index (Phi) is 3.06. The molecule has 1 heterocycles. The molecule has 0 bridgehead atoms. The Hall–Kier alpha value is -2.88. The van der Waals surface area contributed by atoms with E-state index < -0.39 is 0 Å². The summed E-state index contributed by atoms with van der Waals surface area (Å²) in [6.07, 6.45) is 0. The van der Waals surface area contributed by atoms with Crippen LogP contribution in [0.15, 0.2) is 59.4 Å². The van der Waals surface area contributed by atoms with Crippen molar-refractivity contribution < 1.29 is 9.90 Å². The number of benzene rings is 2. The van der Waals surface area contributed by atoms with Gasteiger partial charge in [-0.3, -0.25) is 9.59 Å². The molecule has 1 aromatic heterocycles. The summed E-state index contributed by atoms with van der Waals surface area (Å²) in [5, 5.41) is 10.3. The van der Waals surface area contributed by atoms with E-state index in [1.807, 2.05) is 6.07 Å². The summed E-state index contributed by atoms with van der Waals surface area (Å²) in [7, 11) is 1.59. The van der Waals surface area contributed by atoms with Gasteiger partial charge in [0.1, 0.15) is 5.75 Å². The van der Waals surface area contributed by atoms with Crippen molar-refractivity contribution >= 4 is 16.7 Å². The van der Waals surface area contributed by atoms with Gasteiger partial charge in [-0.05, 0) is 23.6 Å². The van der Waals surface area contributed by atoms with Crippen LogP contribution < -0.4 is 5.56 Å². The van der Waals surface area contributed by atoms with E-state index in [9.17, 15) is 14.7 Å². The van der Waals surface area contributed by atoms with E-state index in [0.717, 1.165) is 5.39 Å². The smallest absolute Gasteiger partial charge is 0.262 e. The lowest BCUT2D eigenvalue weighted by Gasteiger charge is -2.08. The van der Waals surface area contributed by atoms with Crippen LogP contribution in [0, 0.1) is 0 Å². The Labute approximate surface area is 120 Å². The topological polar surface area (TPSA) is 59.3 Å². The molecule has 0 aliphatic carbocycles. The Morgan fingerprint density at radius 1 is 1.05 bits per heavy atom. The summed E-state index contributed by atoms with van der Waals surface area (Å²) >= 11 is 0. The average Bonchev–Trinajstić information content (AvgIpc) is 2.51. The van der Waals surface area contributed by atoms with E-state index in [2.05, 4.69) is 0 Å². The lowest BCUT2D eigenvalue weighted by atomic mass is 10.0. The Balaban J connectivity index is 2.25. The van der Waals surface area contributed by atoms with Crippen LogP contribution in [-0.4, -0.2) is 15.5 Å². The lowest BCUT2D eigenvalue weighted by Crippen LogP contribution is -2.24. The number of nitrogens with zero attached hydrogens (tertiary/aromatic N) is 1. The molecule has 1 N–H and O–H groups in total. The number of hydrogen-bond donors (Lipinski definition) is 1. The molecule has 0 amide bonds. The Morgan fingerprint density at radius 3 is 2.48 bits per heavy atom. The highest BCUT2D eigenvalue weighted by Gasteiger charge is 2.15. The first kappa shape index (κ1) is 13.1. The number of pyridine rings is 1. The van der Waals surface area contributed by atoms with Gasteiger partial charge in [-0.2, -0.15) is 0 Å². The van der Waals surface area contributed by atoms with Gasteiger partial charge < -0.3 is 9.67 Å². The second-order valence-electron chi connectivity index (χ2n) is 4.86. The van der Waals surface area contributed by atoms with Crippen LogP contribution in [0.2, 0.25) is 0 Å². The highest BCUT2D eigenvalue weighted by molar-refractivity contribution is 6.10. The molecule has 0 atom stereocenters. The van der Waals surface area contributed by atoms with E-state index in [1.54, 1.807) is 43.4 Å². The van der Waals surface area contributed by atoms with E-state index in [0.29, 0.717) is 11.1 Å². The molecule has 3 rings (SSSR count). The van der Waals surface area contributed by atoms with E-state index in [1.165, 1.54) is 16.7 Å². The second-order valence-corrected chi connectivity index (χ2v) is 4.86. The first-order valence-corrected chi connectivity index (χ1v) is 6.50. The van der Waals surface area contributed by atoms with Crippen molar-refractivity contribution in [3.63, 3.8) is 0 Å². The summed E-state index contributed by atoms with van der Waals surface area (Å²) in [6.45, 7) is 0. The normalized spacial score (nSPS) is 10.7. The molecule has 3 aromatic rings. The number of carbonyl (C=O) groups excluding carboxylic acids is 1. The summed E-state index contributed by atoms with van der Waals surface area (Å²) < 4.78 is 1.38. The highest BCUT2D eigenvalue weighted by Crippen LogP contribution is 2.20. The second kappa shape index (κ2) is 4.90. The minimum absolute atomic E-state index is 0.0830. The fraction of sp³-hybridized carbons (Fsp3) is 0.0588. The van der Waals surface area contributed by atoms with Gasteiger partial charge in [-0.25, -0.2) is 0 Å². The van der Waals surface area contributed by atoms with Crippen molar-refractivity contribution in [2.45, 2.75) is 0 Å². The Bertz CT molecular complexity index is 895. The summed E-state index contributed by atoms with van der Waals surface area (Å²) in [5.41, 5.74) is 0.821. The minimum atomic E-state index is -0.373. The first-order chi connectivity index (χ1) is 10.1. The van der Waals surface area contributed by atoms with Crippen molar-refractivity contribution in [3.8, 4) is 5.75 Å². The molecule has 104 valence electrons. The zero-order chi connectivity index (χ0) is 15.0. The molecule has 2 aromatic carbocycles. The van der Waals surface area contributed by atoms with Gasteiger partial charge in [0.25, 0.3) is 5.56 Å². The van der Waals surface area contributed by atoms with Gasteiger partial charge in [0.2, 0.25) is 0 Å². The van der Waals surface area contributed by atoms with Crippen molar-refractivity contribution in [3.05, 3.63) is 76.1 Å². The van der Waals surface area contributed by atoms with Crippen LogP contribution >= 0.6 is 0 Å². The Morgan fingerprint density at radius 2 is 1.76 bits per heavy atom. The number of carbonyl (C=O) groups is 1. The highest BCUT2D eigenvalue weighted by atomic mass is 16.3. The molecule has 0 unspecified atom stereocenters. The standard InChI is InChI=1S/C17H13NO3/c1-18-15-10-13(19)8-7-12(15)9-14(17(18)21)16(20)11-5-3-2-4-6-11/h2-10,19H,1H3. The van der Waals surface area contributed by atoms with E-state index in [-0.39, 0.29) is 22.7 Å². The predicted molar refractivity (Wildman–Crippen MR) is 80.7 cm³/mol. The number of phenols is 1. The fourth-order valence-electron chi connectivity index (χ4n) is 2.36. The molecular weight excluding hydrogens is 266 g/mol. The average molecular weight is 279 g/mol. The number of aromatic nitrogens is 1. The number of phenolic OH excluding ortho intramolecular Hbond substituents is 1. The van der Waals surface area contributed by atoms with E-state index in [4.69, 9.17) is 0 Å². The maximum atomic E-state index is 12.5. The van der Waals surface area contributed by atoms with Crippen molar-refractivity contribution in [1.29, 1.82) is 0 Å². The van der Waals surface area contributed by atoms with Crippen LogP contribution in [0.5, 0.6) is 5.75 Å². The summed E-state index contributed by atoms with van der Waals surface area (Å²) in [4.78, 5) is 24.8. The van der Waals surface area contributed by atoms with Gasteiger partial charge in [-0.15, -0.1) is 0 Å². The predicted octanol–water partition coefficient (Wildman–Crippen LogP) is 2.48. The lowest BCUT2D eigenvalue weighted by molar-refractivity contribution is 0.103. The molecule has 0 saturated heterocycles. The number of hydrogen-bond acceptors (Lipinski definition) is 3. The van der Waals surface area contributed by atoms with Crippen molar-refractivity contribution in [1.82, 2.24) is 4.57 Å². The maximum Gasteiger partial charge on any atom is 0.262 e. The number of aryl methyl sites for hydroxylation is 1. The number of ketones is 1. The summed E-state index contributed by atoms with van der Waals surface area (Å²) in [6, 6.07) is 15.0. The van der Waals surface area contributed by atoms with Crippen LogP contribution in [-0.2, 0) is 7.05 Å². The largest absolute Gasteiger partial charge is 0.508 e. The molecule has 0 radical (unpaired) electrons. The van der Waals surface area contributed by atoms with Crippen molar-refractivity contribution in [2.75, 3.05) is 0 Å². The number of rotatable bonds is 2. The van der Waals surface area contributed by atoms with Gasteiger partial charge in [-0.1, -0.05) is 30.3 Å². The van der Waals surface area contributed by atoms with Crippen LogP contribution in [0.3, 0.4) is 0 Å². The molecule has 0 saturated carbocycles. The number of fused-ring (bicyclic) bond motifs is 1. The quantitative estimate of drug-likeness (QED) is 0.733. The third-order valence-corrected chi connectivity index (χ3v) is 3.49.